The number of hydrogen-bond acceptors (Lipinski definition) is 3. The minimum atomic E-state index is -1.44. The highest BCUT2D eigenvalue weighted by Crippen LogP contribution is 2.29. The summed E-state index contributed by atoms with van der Waals surface area (Å²) >= 11 is 0. The molecular formula is C14H18O5. The third-order valence-electron chi connectivity index (χ3n) is 2.84. The summed E-state index contributed by atoms with van der Waals surface area (Å²) in [5.41, 5.74) is -0.999. The first-order valence-corrected chi connectivity index (χ1v) is 5.98. The molecule has 2 N–H and O–H groups in total. The number of aliphatic carboxylic acids is 2. The number of carboxylic acid groups (broad SMARTS) is 2. The molecule has 0 fully saturated rings. The molecule has 0 aliphatic rings. The SMILES string of the molecule is CC(C)Oc1ccc(C(C)(CC(=O)O)C(=O)O)cc1. The van der Waals surface area contributed by atoms with E-state index in [0.29, 0.717) is 11.3 Å². The van der Waals surface area contributed by atoms with Crippen molar-refractivity contribution in [3.8, 4) is 5.75 Å². The van der Waals surface area contributed by atoms with Gasteiger partial charge in [0.15, 0.2) is 0 Å². The van der Waals surface area contributed by atoms with Gasteiger partial charge in [0.25, 0.3) is 0 Å². The average Bonchev–Trinajstić information content (AvgIpc) is 2.27. The highest BCUT2D eigenvalue weighted by Gasteiger charge is 2.37. The van der Waals surface area contributed by atoms with Gasteiger partial charge in [0.1, 0.15) is 11.2 Å². The van der Waals surface area contributed by atoms with Crippen LogP contribution in [0, 0.1) is 0 Å². The Hall–Kier alpha value is -2.04. The third-order valence-corrected chi connectivity index (χ3v) is 2.84. The number of hydrogen-bond donors (Lipinski definition) is 2. The van der Waals surface area contributed by atoms with E-state index in [1.54, 1.807) is 24.3 Å². The molecule has 0 aliphatic heterocycles. The summed E-state index contributed by atoms with van der Waals surface area (Å²) in [5.74, 6) is -1.68. The van der Waals surface area contributed by atoms with Crippen molar-refractivity contribution in [3.05, 3.63) is 29.8 Å². The quantitative estimate of drug-likeness (QED) is 0.825. The van der Waals surface area contributed by atoms with Gasteiger partial charge in [-0.15, -0.1) is 0 Å². The van der Waals surface area contributed by atoms with Crippen LogP contribution in [0.4, 0.5) is 0 Å². The largest absolute Gasteiger partial charge is 0.491 e. The Balaban J connectivity index is 3.04. The lowest BCUT2D eigenvalue weighted by molar-refractivity contribution is -0.149. The molecule has 1 aromatic carbocycles. The van der Waals surface area contributed by atoms with Crippen molar-refractivity contribution in [2.45, 2.75) is 38.7 Å². The predicted molar refractivity (Wildman–Crippen MR) is 69.4 cm³/mol. The fourth-order valence-corrected chi connectivity index (χ4v) is 1.78. The molecule has 0 aliphatic carbocycles. The van der Waals surface area contributed by atoms with Crippen molar-refractivity contribution in [2.75, 3.05) is 0 Å². The Morgan fingerprint density at radius 3 is 2.11 bits per heavy atom. The van der Waals surface area contributed by atoms with E-state index in [1.807, 2.05) is 13.8 Å². The highest BCUT2D eigenvalue weighted by molar-refractivity contribution is 5.86. The zero-order chi connectivity index (χ0) is 14.6. The smallest absolute Gasteiger partial charge is 0.314 e. The van der Waals surface area contributed by atoms with Crippen LogP contribution in [-0.4, -0.2) is 28.3 Å². The van der Waals surface area contributed by atoms with Crippen LogP contribution in [0.15, 0.2) is 24.3 Å². The molecule has 19 heavy (non-hydrogen) atoms. The van der Waals surface area contributed by atoms with E-state index < -0.39 is 23.8 Å². The lowest BCUT2D eigenvalue weighted by Gasteiger charge is -2.23. The molecule has 1 unspecified atom stereocenters. The maximum atomic E-state index is 11.3. The summed E-state index contributed by atoms with van der Waals surface area (Å²) in [6, 6.07) is 6.49. The number of carboxylic acids is 2. The van der Waals surface area contributed by atoms with E-state index in [1.165, 1.54) is 6.92 Å². The molecule has 0 amide bonds. The summed E-state index contributed by atoms with van der Waals surface area (Å²) < 4.78 is 5.46. The van der Waals surface area contributed by atoms with Crippen molar-refractivity contribution < 1.29 is 24.5 Å². The van der Waals surface area contributed by atoms with E-state index in [0.717, 1.165) is 0 Å². The summed E-state index contributed by atoms with van der Waals surface area (Å²) in [4.78, 5) is 22.1. The van der Waals surface area contributed by atoms with Gasteiger partial charge >= 0.3 is 11.9 Å². The molecule has 1 rings (SSSR count). The van der Waals surface area contributed by atoms with Crippen LogP contribution in [0.25, 0.3) is 0 Å². The molecule has 5 heteroatoms. The Morgan fingerprint density at radius 2 is 1.74 bits per heavy atom. The fourth-order valence-electron chi connectivity index (χ4n) is 1.78. The third kappa shape index (κ3) is 3.71. The van der Waals surface area contributed by atoms with Crippen LogP contribution in [0.5, 0.6) is 5.75 Å². The van der Waals surface area contributed by atoms with Crippen molar-refractivity contribution in [3.63, 3.8) is 0 Å². The van der Waals surface area contributed by atoms with Crippen molar-refractivity contribution >= 4 is 11.9 Å². The second kappa shape index (κ2) is 5.73. The lowest BCUT2D eigenvalue weighted by Crippen LogP contribution is -2.34. The first-order chi connectivity index (χ1) is 8.75. The van der Waals surface area contributed by atoms with Gasteiger partial charge in [0.2, 0.25) is 0 Å². The normalized spacial score (nSPS) is 13.9. The molecule has 5 nitrogen and oxygen atoms in total. The van der Waals surface area contributed by atoms with Crippen molar-refractivity contribution in [2.24, 2.45) is 0 Å². The number of benzene rings is 1. The predicted octanol–water partition coefficient (Wildman–Crippen LogP) is 2.29. The van der Waals surface area contributed by atoms with Gasteiger partial charge in [-0.1, -0.05) is 12.1 Å². The zero-order valence-corrected chi connectivity index (χ0v) is 11.2. The van der Waals surface area contributed by atoms with Crippen LogP contribution < -0.4 is 4.74 Å². The Labute approximate surface area is 111 Å². The fraction of sp³-hybridized carbons (Fsp3) is 0.429. The topological polar surface area (TPSA) is 83.8 Å². The molecule has 0 saturated carbocycles. The Bertz CT molecular complexity index is 463. The maximum absolute atomic E-state index is 11.3. The maximum Gasteiger partial charge on any atom is 0.314 e. The van der Waals surface area contributed by atoms with Gasteiger partial charge in [0.05, 0.1) is 12.5 Å². The van der Waals surface area contributed by atoms with E-state index in [4.69, 9.17) is 9.84 Å². The molecule has 0 heterocycles. The molecule has 1 atom stereocenters. The highest BCUT2D eigenvalue weighted by atomic mass is 16.5. The Kier molecular flexibility index (Phi) is 4.53. The molecule has 104 valence electrons. The minimum Gasteiger partial charge on any atom is -0.491 e. The van der Waals surface area contributed by atoms with Gasteiger partial charge in [0, 0.05) is 0 Å². The van der Waals surface area contributed by atoms with Crippen LogP contribution in [0.2, 0.25) is 0 Å². The van der Waals surface area contributed by atoms with E-state index in [-0.39, 0.29) is 6.10 Å². The molecule has 0 aromatic heterocycles. The number of carbonyl (C=O) groups is 2. The molecule has 0 spiro atoms. The van der Waals surface area contributed by atoms with E-state index in [9.17, 15) is 14.7 Å². The first-order valence-electron chi connectivity index (χ1n) is 5.98. The van der Waals surface area contributed by atoms with Crippen LogP contribution >= 0.6 is 0 Å². The monoisotopic (exact) mass is 266 g/mol. The molecule has 1 aromatic rings. The van der Waals surface area contributed by atoms with E-state index in [2.05, 4.69) is 0 Å². The van der Waals surface area contributed by atoms with Crippen LogP contribution in [-0.2, 0) is 15.0 Å². The van der Waals surface area contributed by atoms with Crippen molar-refractivity contribution in [1.82, 2.24) is 0 Å². The van der Waals surface area contributed by atoms with Gasteiger partial charge in [-0.2, -0.15) is 0 Å². The second-order valence-corrected chi connectivity index (χ2v) is 4.90. The van der Waals surface area contributed by atoms with Crippen molar-refractivity contribution in [1.29, 1.82) is 0 Å². The van der Waals surface area contributed by atoms with Gasteiger partial charge in [-0.3, -0.25) is 9.59 Å². The second-order valence-electron chi connectivity index (χ2n) is 4.90. The van der Waals surface area contributed by atoms with Gasteiger partial charge < -0.3 is 14.9 Å². The zero-order valence-electron chi connectivity index (χ0n) is 11.2. The summed E-state index contributed by atoms with van der Waals surface area (Å²) in [5, 5.41) is 18.1. The number of rotatable bonds is 6. The minimum absolute atomic E-state index is 0.0238. The van der Waals surface area contributed by atoms with Gasteiger partial charge in [-0.25, -0.2) is 0 Å². The van der Waals surface area contributed by atoms with Gasteiger partial charge in [-0.05, 0) is 38.5 Å². The van der Waals surface area contributed by atoms with E-state index >= 15 is 0 Å². The molecule has 0 bridgehead atoms. The molecule has 0 radical (unpaired) electrons. The first kappa shape index (κ1) is 15.0. The summed E-state index contributed by atoms with van der Waals surface area (Å²) in [6.45, 7) is 5.18. The molecular weight excluding hydrogens is 248 g/mol. The Morgan fingerprint density at radius 1 is 1.21 bits per heavy atom. The van der Waals surface area contributed by atoms with Crippen LogP contribution in [0.1, 0.15) is 32.8 Å². The lowest BCUT2D eigenvalue weighted by atomic mass is 9.79. The van der Waals surface area contributed by atoms with Crippen LogP contribution in [0.3, 0.4) is 0 Å². The summed E-state index contributed by atoms with van der Waals surface area (Å²) in [7, 11) is 0. The standard InChI is InChI=1S/C14H18O5/c1-9(2)19-11-6-4-10(5-7-11)14(3,13(17)18)8-12(15)16/h4-7,9H,8H2,1-3H3,(H,15,16)(H,17,18). The molecule has 0 saturated heterocycles. The number of ether oxygens (including phenoxy) is 1. The average molecular weight is 266 g/mol. The summed E-state index contributed by atoms with van der Waals surface area (Å²) in [6.07, 6.45) is -0.442.